The zero-order valence-electron chi connectivity index (χ0n) is 12.3. The molecule has 104 valence electrons. The first-order chi connectivity index (χ1) is 9.15. The van der Waals surface area contributed by atoms with Gasteiger partial charge in [-0.25, -0.2) is 15.0 Å². The molecule has 0 unspecified atom stereocenters. The lowest BCUT2D eigenvalue weighted by atomic mass is 9.96. The van der Waals surface area contributed by atoms with E-state index in [0.717, 1.165) is 17.6 Å². The summed E-state index contributed by atoms with van der Waals surface area (Å²) in [7, 11) is 0. The van der Waals surface area contributed by atoms with Gasteiger partial charge in [-0.1, -0.05) is 39.0 Å². The topological polar surface area (TPSA) is 43.6 Å². The van der Waals surface area contributed by atoms with Crippen molar-refractivity contribution in [3.05, 3.63) is 18.9 Å². The Kier molecular flexibility index (Phi) is 4.51. The van der Waals surface area contributed by atoms with Crippen molar-refractivity contribution in [1.29, 1.82) is 0 Å². The molecule has 4 heteroatoms. The van der Waals surface area contributed by atoms with Gasteiger partial charge in [0.15, 0.2) is 5.65 Å². The number of nitrogens with zero attached hydrogens (tertiary/aromatic N) is 4. The second kappa shape index (κ2) is 6.13. The Morgan fingerprint density at radius 3 is 2.68 bits per heavy atom. The molecular weight excluding hydrogens is 236 g/mol. The van der Waals surface area contributed by atoms with Crippen LogP contribution < -0.4 is 0 Å². The second-order valence-corrected chi connectivity index (χ2v) is 5.82. The van der Waals surface area contributed by atoms with Gasteiger partial charge in [-0.05, 0) is 20.3 Å². The Morgan fingerprint density at radius 1 is 1.11 bits per heavy atom. The third-order valence-electron chi connectivity index (χ3n) is 3.76. The highest BCUT2D eigenvalue weighted by Crippen LogP contribution is 2.26. The highest BCUT2D eigenvalue weighted by atomic mass is 15.2. The number of hydrogen-bond donors (Lipinski definition) is 0. The minimum Gasteiger partial charge on any atom is -0.310 e. The van der Waals surface area contributed by atoms with Crippen molar-refractivity contribution >= 4 is 11.2 Å². The Morgan fingerprint density at radius 2 is 1.89 bits per heavy atom. The van der Waals surface area contributed by atoms with Gasteiger partial charge in [-0.2, -0.15) is 0 Å². The predicted molar refractivity (Wildman–Crippen MR) is 78.0 cm³/mol. The molecule has 0 saturated carbocycles. The summed E-state index contributed by atoms with van der Waals surface area (Å²) in [4.78, 5) is 12.8. The summed E-state index contributed by atoms with van der Waals surface area (Å²) in [6.07, 6.45) is 13.0. The van der Waals surface area contributed by atoms with Gasteiger partial charge in [0.1, 0.15) is 11.8 Å². The van der Waals surface area contributed by atoms with Gasteiger partial charge >= 0.3 is 0 Å². The zero-order chi connectivity index (χ0) is 13.7. The molecule has 0 aliphatic carbocycles. The van der Waals surface area contributed by atoms with Crippen molar-refractivity contribution in [3.63, 3.8) is 0 Å². The third kappa shape index (κ3) is 3.31. The Bertz CT molecular complexity index is 516. The van der Waals surface area contributed by atoms with Crippen molar-refractivity contribution < 1.29 is 0 Å². The lowest BCUT2D eigenvalue weighted by molar-refractivity contribution is 0.320. The van der Waals surface area contributed by atoms with Crippen molar-refractivity contribution in [2.24, 2.45) is 0 Å². The molecular formula is C15H24N4. The molecule has 4 nitrogen and oxygen atoms in total. The summed E-state index contributed by atoms with van der Waals surface area (Å²) in [6, 6.07) is 0. The van der Waals surface area contributed by atoms with E-state index in [1.807, 2.05) is 6.33 Å². The van der Waals surface area contributed by atoms with Crippen molar-refractivity contribution in [3.8, 4) is 0 Å². The van der Waals surface area contributed by atoms with Crippen LogP contribution >= 0.6 is 0 Å². The van der Waals surface area contributed by atoms with Crippen LogP contribution in [0.2, 0.25) is 0 Å². The van der Waals surface area contributed by atoms with Crippen LogP contribution in [0.5, 0.6) is 0 Å². The van der Waals surface area contributed by atoms with Gasteiger partial charge in [0, 0.05) is 5.54 Å². The minimum atomic E-state index is 0.0648. The smallest absolute Gasteiger partial charge is 0.163 e. The molecule has 0 N–H and O–H groups in total. The van der Waals surface area contributed by atoms with Crippen LogP contribution in [0, 0.1) is 0 Å². The predicted octanol–water partition coefficient (Wildman–Crippen LogP) is 3.92. The van der Waals surface area contributed by atoms with Crippen molar-refractivity contribution in [1.82, 2.24) is 19.5 Å². The first-order valence-electron chi connectivity index (χ1n) is 7.28. The van der Waals surface area contributed by atoms with Gasteiger partial charge in [0.25, 0.3) is 0 Å². The summed E-state index contributed by atoms with van der Waals surface area (Å²) in [6.45, 7) is 6.77. The van der Waals surface area contributed by atoms with E-state index in [0.29, 0.717) is 0 Å². The molecule has 19 heavy (non-hydrogen) atoms. The number of aromatic nitrogens is 4. The maximum Gasteiger partial charge on any atom is 0.163 e. The second-order valence-electron chi connectivity index (χ2n) is 5.82. The Labute approximate surface area is 115 Å². The first kappa shape index (κ1) is 14.0. The third-order valence-corrected chi connectivity index (χ3v) is 3.76. The standard InChI is InChI=1S/C15H24N4/c1-4-5-6-7-8-9-15(2,3)19-12-18-13-10-16-11-17-14(13)19/h10-12H,4-9H2,1-3H3. The van der Waals surface area contributed by atoms with E-state index in [1.165, 1.54) is 32.1 Å². The highest BCUT2D eigenvalue weighted by molar-refractivity contribution is 5.69. The monoisotopic (exact) mass is 260 g/mol. The fourth-order valence-electron chi connectivity index (χ4n) is 2.49. The molecule has 0 aromatic carbocycles. The van der Waals surface area contributed by atoms with Crippen molar-refractivity contribution in [2.75, 3.05) is 0 Å². The van der Waals surface area contributed by atoms with E-state index in [2.05, 4.69) is 40.3 Å². The van der Waals surface area contributed by atoms with E-state index in [4.69, 9.17) is 0 Å². The average Bonchev–Trinajstić information content (AvgIpc) is 2.83. The maximum absolute atomic E-state index is 4.38. The summed E-state index contributed by atoms with van der Waals surface area (Å²) in [5, 5.41) is 0. The lowest BCUT2D eigenvalue weighted by Gasteiger charge is -2.27. The molecule has 0 spiro atoms. The highest BCUT2D eigenvalue weighted by Gasteiger charge is 2.22. The normalized spacial score (nSPS) is 12.2. The molecule has 2 rings (SSSR count). The van der Waals surface area contributed by atoms with E-state index in [9.17, 15) is 0 Å². The van der Waals surface area contributed by atoms with Gasteiger partial charge in [0.2, 0.25) is 0 Å². The molecule has 0 amide bonds. The first-order valence-corrected chi connectivity index (χ1v) is 7.28. The number of rotatable bonds is 7. The summed E-state index contributed by atoms with van der Waals surface area (Å²) >= 11 is 0. The molecule has 0 saturated heterocycles. The van der Waals surface area contributed by atoms with Gasteiger partial charge in [0.05, 0.1) is 12.5 Å². The summed E-state index contributed by atoms with van der Waals surface area (Å²) in [5.74, 6) is 0. The molecule has 0 fully saturated rings. The molecule has 2 aromatic heterocycles. The molecule has 0 bridgehead atoms. The maximum atomic E-state index is 4.38. The molecule has 0 aliphatic heterocycles. The van der Waals surface area contributed by atoms with Gasteiger partial charge in [-0.15, -0.1) is 0 Å². The van der Waals surface area contributed by atoms with Gasteiger partial charge < -0.3 is 4.57 Å². The number of fused-ring (bicyclic) bond motifs is 1. The van der Waals surface area contributed by atoms with E-state index < -0.39 is 0 Å². The van der Waals surface area contributed by atoms with Crippen LogP contribution in [0.15, 0.2) is 18.9 Å². The quantitative estimate of drug-likeness (QED) is 0.709. The molecule has 0 radical (unpaired) electrons. The fraction of sp³-hybridized carbons (Fsp3) is 0.667. The Hall–Kier alpha value is -1.45. The zero-order valence-corrected chi connectivity index (χ0v) is 12.3. The van der Waals surface area contributed by atoms with Crippen LogP contribution in [-0.4, -0.2) is 19.5 Å². The van der Waals surface area contributed by atoms with Gasteiger partial charge in [-0.3, -0.25) is 0 Å². The van der Waals surface area contributed by atoms with E-state index >= 15 is 0 Å². The van der Waals surface area contributed by atoms with Crippen LogP contribution in [-0.2, 0) is 5.54 Å². The summed E-state index contributed by atoms with van der Waals surface area (Å²) < 4.78 is 2.18. The van der Waals surface area contributed by atoms with Crippen molar-refractivity contribution in [2.45, 2.75) is 64.8 Å². The van der Waals surface area contributed by atoms with Crippen LogP contribution in [0.25, 0.3) is 11.2 Å². The van der Waals surface area contributed by atoms with Crippen LogP contribution in [0.4, 0.5) is 0 Å². The Balaban J connectivity index is 2.02. The average molecular weight is 260 g/mol. The number of hydrogen-bond acceptors (Lipinski definition) is 3. The van der Waals surface area contributed by atoms with E-state index in [1.54, 1.807) is 12.5 Å². The summed E-state index contributed by atoms with van der Waals surface area (Å²) in [5.41, 5.74) is 1.88. The minimum absolute atomic E-state index is 0.0648. The largest absolute Gasteiger partial charge is 0.310 e. The lowest BCUT2D eigenvalue weighted by Crippen LogP contribution is -2.25. The molecule has 2 heterocycles. The number of unbranched alkanes of at least 4 members (excludes halogenated alkanes) is 4. The molecule has 0 atom stereocenters. The molecule has 0 aliphatic rings. The fourth-order valence-corrected chi connectivity index (χ4v) is 2.49. The SMILES string of the molecule is CCCCCCCC(C)(C)n1cnc2cncnc21. The van der Waals surface area contributed by atoms with E-state index in [-0.39, 0.29) is 5.54 Å². The molecule has 2 aromatic rings. The van der Waals surface area contributed by atoms with Crippen LogP contribution in [0.3, 0.4) is 0 Å². The van der Waals surface area contributed by atoms with Crippen LogP contribution in [0.1, 0.15) is 59.3 Å². The number of imidazole rings is 1.